The molecular formula is C20H27NO2. The van der Waals surface area contributed by atoms with Crippen LogP contribution >= 0.6 is 0 Å². The Morgan fingerprint density at radius 3 is 2.87 bits per heavy atom. The molecule has 1 aromatic carbocycles. The van der Waals surface area contributed by atoms with Gasteiger partial charge in [-0.1, -0.05) is 19.1 Å². The number of aromatic hydroxyl groups is 1. The number of likely N-dealkylation sites (tertiary alicyclic amines) is 1. The van der Waals surface area contributed by atoms with Crippen LogP contribution in [0.3, 0.4) is 0 Å². The van der Waals surface area contributed by atoms with Gasteiger partial charge in [-0.3, -0.25) is 0 Å². The summed E-state index contributed by atoms with van der Waals surface area (Å²) >= 11 is 0. The van der Waals surface area contributed by atoms with Gasteiger partial charge in [0.1, 0.15) is 6.10 Å². The lowest BCUT2D eigenvalue weighted by atomic mass is 9.42. The average molecular weight is 313 g/mol. The van der Waals surface area contributed by atoms with E-state index in [2.05, 4.69) is 17.9 Å². The number of ether oxygens (including phenoxy) is 1. The SMILES string of the molecule is CCCN1CCC23c4cccc(O)c4OC2C2CCC3(CC2)C1. The van der Waals surface area contributed by atoms with Crippen molar-refractivity contribution in [3.8, 4) is 11.5 Å². The third-order valence-corrected chi connectivity index (χ3v) is 7.46. The minimum absolute atomic E-state index is 0.159. The molecule has 1 aromatic rings. The summed E-state index contributed by atoms with van der Waals surface area (Å²) < 4.78 is 6.46. The molecule has 6 rings (SSSR count). The van der Waals surface area contributed by atoms with E-state index in [4.69, 9.17) is 4.74 Å². The van der Waals surface area contributed by atoms with E-state index < -0.39 is 0 Å². The lowest BCUT2D eigenvalue weighted by Gasteiger charge is -2.64. The molecule has 3 heteroatoms. The lowest BCUT2D eigenvalue weighted by molar-refractivity contribution is -0.143. The fourth-order valence-corrected chi connectivity index (χ4v) is 6.60. The molecule has 0 amide bonds. The summed E-state index contributed by atoms with van der Waals surface area (Å²) in [7, 11) is 0. The highest BCUT2D eigenvalue weighted by atomic mass is 16.5. The normalized spacial score (nSPS) is 41.1. The fraction of sp³-hybridized carbons (Fsp3) is 0.700. The van der Waals surface area contributed by atoms with Crippen molar-refractivity contribution in [3.05, 3.63) is 23.8 Å². The van der Waals surface area contributed by atoms with Gasteiger partial charge in [0.15, 0.2) is 11.5 Å². The number of phenolic OH excluding ortho intramolecular Hbond substituents is 1. The Bertz CT molecular complexity index is 635. The minimum atomic E-state index is 0.159. The number of piperidine rings is 1. The summed E-state index contributed by atoms with van der Waals surface area (Å²) in [6, 6.07) is 6.05. The van der Waals surface area contributed by atoms with Crippen molar-refractivity contribution in [2.45, 2.75) is 57.0 Å². The van der Waals surface area contributed by atoms with Gasteiger partial charge in [0.05, 0.1) is 0 Å². The van der Waals surface area contributed by atoms with Crippen molar-refractivity contribution in [3.63, 3.8) is 0 Å². The van der Waals surface area contributed by atoms with Crippen molar-refractivity contribution < 1.29 is 9.84 Å². The molecule has 0 radical (unpaired) electrons. The van der Waals surface area contributed by atoms with Crippen molar-refractivity contribution in [1.29, 1.82) is 0 Å². The lowest BCUT2D eigenvalue weighted by Crippen LogP contribution is -2.68. The fourth-order valence-electron chi connectivity index (χ4n) is 6.60. The van der Waals surface area contributed by atoms with Gasteiger partial charge >= 0.3 is 0 Å². The summed E-state index contributed by atoms with van der Waals surface area (Å²) in [6.07, 6.45) is 8.03. The summed E-state index contributed by atoms with van der Waals surface area (Å²) in [5.74, 6) is 1.83. The molecule has 2 spiro atoms. The molecule has 2 aliphatic heterocycles. The van der Waals surface area contributed by atoms with E-state index in [0.29, 0.717) is 23.2 Å². The first-order chi connectivity index (χ1) is 11.2. The molecule has 2 unspecified atom stereocenters. The molecule has 1 N–H and O–H groups in total. The van der Waals surface area contributed by atoms with E-state index in [1.165, 1.54) is 63.7 Å². The Hall–Kier alpha value is -1.22. The van der Waals surface area contributed by atoms with Gasteiger partial charge in [0, 0.05) is 17.5 Å². The summed E-state index contributed by atoms with van der Waals surface area (Å²) in [6.45, 7) is 5.91. The molecule has 3 saturated carbocycles. The second kappa shape index (κ2) is 4.66. The maximum atomic E-state index is 10.4. The Kier molecular flexibility index (Phi) is 2.87. The predicted octanol–water partition coefficient (Wildman–Crippen LogP) is 3.70. The number of rotatable bonds is 2. The highest BCUT2D eigenvalue weighted by Gasteiger charge is 2.69. The third kappa shape index (κ3) is 1.60. The Labute approximate surface area is 138 Å². The van der Waals surface area contributed by atoms with Gasteiger partial charge in [0.2, 0.25) is 0 Å². The largest absolute Gasteiger partial charge is 0.504 e. The van der Waals surface area contributed by atoms with Crippen molar-refractivity contribution in [1.82, 2.24) is 4.90 Å². The second-order valence-electron chi connectivity index (χ2n) is 8.31. The third-order valence-electron chi connectivity index (χ3n) is 7.46. The van der Waals surface area contributed by atoms with Crippen LogP contribution in [0.2, 0.25) is 0 Å². The van der Waals surface area contributed by atoms with Gasteiger partial charge in [-0.15, -0.1) is 0 Å². The van der Waals surface area contributed by atoms with Crippen LogP contribution in [0.1, 0.15) is 51.0 Å². The van der Waals surface area contributed by atoms with Crippen LogP contribution in [0.15, 0.2) is 18.2 Å². The molecular weight excluding hydrogens is 286 g/mol. The maximum absolute atomic E-state index is 10.4. The highest BCUT2D eigenvalue weighted by Crippen LogP contribution is 2.69. The quantitative estimate of drug-likeness (QED) is 0.904. The molecule has 2 heterocycles. The second-order valence-corrected chi connectivity index (χ2v) is 8.31. The van der Waals surface area contributed by atoms with Gasteiger partial charge in [-0.05, 0) is 69.0 Å². The summed E-state index contributed by atoms with van der Waals surface area (Å²) in [4.78, 5) is 2.69. The molecule has 2 atom stereocenters. The first-order valence-corrected chi connectivity index (χ1v) is 9.42. The van der Waals surface area contributed by atoms with Crippen molar-refractivity contribution >= 4 is 0 Å². The van der Waals surface area contributed by atoms with Gasteiger partial charge in [-0.2, -0.15) is 0 Å². The van der Waals surface area contributed by atoms with Crippen LogP contribution in [0.4, 0.5) is 0 Å². The Morgan fingerprint density at radius 2 is 2.09 bits per heavy atom. The molecule has 23 heavy (non-hydrogen) atoms. The Morgan fingerprint density at radius 1 is 1.26 bits per heavy atom. The average Bonchev–Trinajstić information content (AvgIpc) is 2.93. The van der Waals surface area contributed by atoms with Crippen LogP contribution in [0.5, 0.6) is 11.5 Å². The molecule has 4 fully saturated rings. The van der Waals surface area contributed by atoms with E-state index in [1.807, 2.05) is 6.07 Å². The zero-order valence-electron chi connectivity index (χ0n) is 14.1. The monoisotopic (exact) mass is 313 g/mol. The number of fused-ring (bicyclic) bond motifs is 3. The summed E-state index contributed by atoms with van der Waals surface area (Å²) in [5.41, 5.74) is 1.84. The predicted molar refractivity (Wildman–Crippen MR) is 89.9 cm³/mol. The van der Waals surface area contributed by atoms with Gasteiger partial charge < -0.3 is 14.7 Å². The molecule has 2 bridgehead atoms. The zero-order valence-corrected chi connectivity index (χ0v) is 14.1. The van der Waals surface area contributed by atoms with E-state index in [1.54, 1.807) is 6.07 Å². The zero-order chi connectivity index (χ0) is 15.7. The topological polar surface area (TPSA) is 32.7 Å². The van der Waals surface area contributed by atoms with Crippen LogP contribution in [-0.2, 0) is 5.41 Å². The van der Waals surface area contributed by atoms with Crippen LogP contribution in [0.25, 0.3) is 0 Å². The molecule has 3 nitrogen and oxygen atoms in total. The number of phenols is 1. The van der Waals surface area contributed by atoms with E-state index in [-0.39, 0.29) is 5.41 Å². The maximum Gasteiger partial charge on any atom is 0.165 e. The van der Waals surface area contributed by atoms with E-state index >= 15 is 0 Å². The number of hydrogen-bond donors (Lipinski definition) is 1. The number of para-hydroxylation sites is 1. The molecule has 1 saturated heterocycles. The Balaban J connectivity index is 1.66. The molecule has 3 aliphatic carbocycles. The van der Waals surface area contributed by atoms with E-state index in [0.717, 1.165) is 5.75 Å². The van der Waals surface area contributed by atoms with Crippen LogP contribution < -0.4 is 4.74 Å². The van der Waals surface area contributed by atoms with E-state index in [9.17, 15) is 5.11 Å². The highest BCUT2D eigenvalue weighted by molar-refractivity contribution is 5.56. The molecule has 5 aliphatic rings. The molecule has 124 valence electrons. The standard InChI is InChI=1S/C20H27NO2/c1-2-11-21-12-10-20-15-4-3-5-16(22)17(15)23-18(20)14-6-8-19(20,13-21)9-7-14/h3-5,14,18,22H,2,6-13H2,1H3. The number of hydrogen-bond acceptors (Lipinski definition) is 3. The van der Waals surface area contributed by atoms with Crippen molar-refractivity contribution in [2.24, 2.45) is 11.3 Å². The smallest absolute Gasteiger partial charge is 0.165 e. The number of nitrogens with zero attached hydrogens (tertiary/aromatic N) is 1. The summed E-state index contributed by atoms with van der Waals surface area (Å²) in [5, 5.41) is 10.4. The number of benzene rings is 1. The molecule has 0 aromatic heterocycles. The first-order valence-electron chi connectivity index (χ1n) is 9.42. The first kappa shape index (κ1) is 14.2. The van der Waals surface area contributed by atoms with Gasteiger partial charge in [-0.25, -0.2) is 0 Å². The van der Waals surface area contributed by atoms with Crippen molar-refractivity contribution in [2.75, 3.05) is 19.6 Å². The van der Waals surface area contributed by atoms with Gasteiger partial charge in [0.25, 0.3) is 0 Å². The van der Waals surface area contributed by atoms with Crippen LogP contribution in [-0.4, -0.2) is 35.7 Å². The minimum Gasteiger partial charge on any atom is -0.504 e. The van der Waals surface area contributed by atoms with Crippen LogP contribution in [0, 0.1) is 11.3 Å².